The molecule has 0 amide bonds. The van der Waals surface area contributed by atoms with E-state index in [1.165, 1.54) is 0 Å². The first-order chi connectivity index (χ1) is 7.75. The number of hydrogen-bond acceptors (Lipinski definition) is 4. The summed E-state index contributed by atoms with van der Waals surface area (Å²) in [5.41, 5.74) is 3.17. The average molecular weight is 217 g/mol. The van der Waals surface area contributed by atoms with Gasteiger partial charge in [0.1, 0.15) is 6.33 Å². The van der Waals surface area contributed by atoms with E-state index in [1.54, 1.807) is 25.8 Å². The predicted molar refractivity (Wildman–Crippen MR) is 58.0 cm³/mol. The normalized spacial score (nSPS) is 13.6. The van der Waals surface area contributed by atoms with E-state index in [-0.39, 0.29) is 0 Å². The van der Waals surface area contributed by atoms with Gasteiger partial charge in [-0.25, -0.2) is 15.0 Å². The molecule has 3 rings (SSSR count). The van der Waals surface area contributed by atoms with Crippen LogP contribution in [0.15, 0.2) is 18.9 Å². The van der Waals surface area contributed by atoms with Crippen LogP contribution in [0.2, 0.25) is 0 Å². The summed E-state index contributed by atoms with van der Waals surface area (Å²) >= 11 is 0. The monoisotopic (exact) mass is 217 g/mol. The van der Waals surface area contributed by atoms with Crippen molar-refractivity contribution in [2.75, 3.05) is 0 Å². The van der Waals surface area contributed by atoms with Crippen LogP contribution in [0.1, 0.15) is 12.6 Å². The molecule has 2 N–H and O–H groups in total. The number of rotatable bonds is 2. The van der Waals surface area contributed by atoms with Crippen LogP contribution < -0.4 is 0 Å². The van der Waals surface area contributed by atoms with Crippen molar-refractivity contribution in [2.24, 2.45) is 0 Å². The molecular formula is C10H11N5O. The molecule has 3 heterocycles. The van der Waals surface area contributed by atoms with Crippen LogP contribution in [0.3, 0.4) is 0 Å². The minimum atomic E-state index is -0.394. The minimum absolute atomic E-state index is 0.394. The Morgan fingerprint density at radius 2 is 2.31 bits per heavy atom. The maximum atomic E-state index is 9.37. The average Bonchev–Trinajstić information content (AvgIpc) is 2.82. The SMILES string of the molecule is CC(O)Cc1cnc2c3nc[nH]c3ncn12. The highest BCUT2D eigenvalue weighted by atomic mass is 16.3. The van der Waals surface area contributed by atoms with Crippen LogP contribution >= 0.6 is 0 Å². The number of nitrogens with zero attached hydrogens (tertiary/aromatic N) is 4. The van der Waals surface area contributed by atoms with Crippen molar-refractivity contribution >= 4 is 16.8 Å². The number of aliphatic hydroxyl groups excluding tert-OH is 1. The summed E-state index contributed by atoms with van der Waals surface area (Å²) in [4.78, 5) is 15.6. The number of fused-ring (bicyclic) bond motifs is 3. The van der Waals surface area contributed by atoms with Gasteiger partial charge >= 0.3 is 0 Å². The van der Waals surface area contributed by atoms with E-state index >= 15 is 0 Å². The predicted octanol–water partition coefficient (Wildman–Crippen LogP) is 0.529. The molecule has 0 radical (unpaired) electrons. The third kappa shape index (κ3) is 1.27. The lowest BCUT2D eigenvalue weighted by Gasteiger charge is -2.03. The van der Waals surface area contributed by atoms with Gasteiger partial charge in [-0.15, -0.1) is 0 Å². The second-order valence-electron chi connectivity index (χ2n) is 3.84. The number of aliphatic hydroxyl groups is 1. The van der Waals surface area contributed by atoms with E-state index in [0.717, 1.165) is 22.5 Å². The summed E-state index contributed by atoms with van der Waals surface area (Å²) in [7, 11) is 0. The molecule has 0 aliphatic heterocycles. The molecule has 16 heavy (non-hydrogen) atoms. The van der Waals surface area contributed by atoms with Gasteiger partial charge in [0.15, 0.2) is 16.8 Å². The summed E-state index contributed by atoms with van der Waals surface area (Å²) in [6, 6.07) is 0. The van der Waals surface area contributed by atoms with Gasteiger partial charge in [0.25, 0.3) is 0 Å². The molecule has 0 spiro atoms. The maximum Gasteiger partial charge on any atom is 0.168 e. The largest absolute Gasteiger partial charge is 0.393 e. The molecule has 1 atom stereocenters. The molecule has 0 aliphatic carbocycles. The van der Waals surface area contributed by atoms with Crippen LogP contribution in [-0.2, 0) is 6.42 Å². The summed E-state index contributed by atoms with van der Waals surface area (Å²) in [5.74, 6) is 0. The Hall–Kier alpha value is -1.95. The fourth-order valence-corrected chi connectivity index (χ4v) is 1.82. The van der Waals surface area contributed by atoms with Gasteiger partial charge in [0.05, 0.1) is 12.4 Å². The quantitative estimate of drug-likeness (QED) is 0.656. The van der Waals surface area contributed by atoms with Gasteiger partial charge < -0.3 is 10.1 Å². The van der Waals surface area contributed by atoms with E-state index in [1.807, 2.05) is 4.40 Å². The topological polar surface area (TPSA) is 79.1 Å². The number of hydrogen-bond donors (Lipinski definition) is 2. The number of aromatic nitrogens is 5. The van der Waals surface area contributed by atoms with Crippen LogP contribution in [-0.4, -0.2) is 35.5 Å². The Labute approximate surface area is 91.0 Å². The van der Waals surface area contributed by atoms with Crippen molar-refractivity contribution in [1.82, 2.24) is 24.3 Å². The molecule has 0 saturated carbocycles. The van der Waals surface area contributed by atoms with E-state index in [4.69, 9.17) is 0 Å². The van der Waals surface area contributed by atoms with Gasteiger partial charge in [-0.1, -0.05) is 0 Å². The maximum absolute atomic E-state index is 9.37. The molecule has 0 fully saturated rings. The summed E-state index contributed by atoms with van der Waals surface area (Å²) in [6.07, 6.45) is 5.20. The summed E-state index contributed by atoms with van der Waals surface area (Å²) < 4.78 is 1.86. The molecule has 6 heteroatoms. The third-order valence-electron chi connectivity index (χ3n) is 2.51. The molecule has 3 aromatic heterocycles. The van der Waals surface area contributed by atoms with Gasteiger partial charge in [-0.2, -0.15) is 0 Å². The first-order valence-corrected chi connectivity index (χ1v) is 5.08. The number of nitrogens with one attached hydrogen (secondary N) is 1. The molecule has 3 aromatic rings. The Kier molecular flexibility index (Phi) is 1.90. The van der Waals surface area contributed by atoms with Gasteiger partial charge in [-0.3, -0.25) is 4.40 Å². The minimum Gasteiger partial charge on any atom is -0.393 e. The van der Waals surface area contributed by atoms with Crippen molar-refractivity contribution < 1.29 is 5.11 Å². The Bertz CT molecular complexity index is 639. The third-order valence-corrected chi connectivity index (χ3v) is 2.51. The highest BCUT2D eigenvalue weighted by molar-refractivity contribution is 5.84. The Balaban J connectivity index is 2.26. The summed E-state index contributed by atoms with van der Waals surface area (Å²) in [5, 5.41) is 9.37. The lowest BCUT2D eigenvalue weighted by atomic mass is 10.2. The van der Waals surface area contributed by atoms with E-state index in [0.29, 0.717) is 6.42 Å². The van der Waals surface area contributed by atoms with Crippen LogP contribution in [0.5, 0.6) is 0 Å². The summed E-state index contributed by atoms with van der Waals surface area (Å²) in [6.45, 7) is 1.75. The van der Waals surface area contributed by atoms with Crippen LogP contribution in [0, 0.1) is 0 Å². The van der Waals surface area contributed by atoms with Crippen molar-refractivity contribution in [1.29, 1.82) is 0 Å². The Morgan fingerprint density at radius 1 is 1.44 bits per heavy atom. The van der Waals surface area contributed by atoms with Crippen LogP contribution in [0.4, 0.5) is 0 Å². The molecule has 1 unspecified atom stereocenters. The van der Waals surface area contributed by atoms with E-state index < -0.39 is 6.10 Å². The van der Waals surface area contributed by atoms with Crippen molar-refractivity contribution in [3.8, 4) is 0 Å². The molecule has 82 valence electrons. The fourth-order valence-electron chi connectivity index (χ4n) is 1.82. The van der Waals surface area contributed by atoms with Crippen molar-refractivity contribution in [2.45, 2.75) is 19.4 Å². The van der Waals surface area contributed by atoms with Gasteiger partial charge in [-0.05, 0) is 6.92 Å². The first kappa shape index (κ1) is 9.29. The molecular weight excluding hydrogens is 206 g/mol. The zero-order valence-corrected chi connectivity index (χ0v) is 8.75. The lowest BCUT2D eigenvalue weighted by molar-refractivity contribution is 0.194. The molecule has 0 saturated heterocycles. The van der Waals surface area contributed by atoms with Crippen molar-refractivity contribution in [3.63, 3.8) is 0 Å². The highest BCUT2D eigenvalue weighted by Gasteiger charge is 2.10. The molecule has 0 aliphatic rings. The smallest absolute Gasteiger partial charge is 0.168 e. The highest BCUT2D eigenvalue weighted by Crippen LogP contribution is 2.15. The number of H-pyrrole nitrogens is 1. The first-order valence-electron chi connectivity index (χ1n) is 5.08. The molecule has 6 nitrogen and oxygen atoms in total. The second kappa shape index (κ2) is 3.28. The van der Waals surface area contributed by atoms with Gasteiger partial charge in [0, 0.05) is 18.3 Å². The van der Waals surface area contributed by atoms with Gasteiger partial charge in [0.2, 0.25) is 0 Å². The second-order valence-corrected chi connectivity index (χ2v) is 3.84. The van der Waals surface area contributed by atoms with Crippen LogP contribution in [0.25, 0.3) is 16.8 Å². The number of aromatic amines is 1. The lowest BCUT2D eigenvalue weighted by Crippen LogP contribution is -2.06. The fraction of sp³-hybridized carbons (Fsp3) is 0.300. The number of imidazole rings is 2. The zero-order chi connectivity index (χ0) is 11.1. The van der Waals surface area contributed by atoms with Crippen molar-refractivity contribution in [3.05, 3.63) is 24.5 Å². The van der Waals surface area contributed by atoms with E-state index in [2.05, 4.69) is 19.9 Å². The van der Waals surface area contributed by atoms with E-state index in [9.17, 15) is 5.11 Å². The zero-order valence-electron chi connectivity index (χ0n) is 8.75. The molecule has 0 aromatic carbocycles. The molecule has 0 bridgehead atoms. The Morgan fingerprint density at radius 3 is 3.12 bits per heavy atom. The standard InChI is InChI=1S/C10H11N5O/c1-6(16)2-7-3-11-10-8-9(13-4-12-8)14-5-15(7)10/h3-6,16H,2H2,1H3,(H,12,13).